The van der Waals surface area contributed by atoms with Crippen molar-refractivity contribution < 1.29 is 12.6 Å². The van der Waals surface area contributed by atoms with Gasteiger partial charge in [-0.1, -0.05) is 0 Å². The second-order valence-corrected chi connectivity index (χ2v) is 9.82. The molecule has 8 heavy (non-hydrogen) atoms. The van der Waals surface area contributed by atoms with E-state index in [2.05, 4.69) is 26.6 Å². The topological polar surface area (TPSA) is 43.4 Å². The van der Waals surface area contributed by atoms with Gasteiger partial charge in [-0.3, -0.25) is 0 Å². The van der Waals surface area contributed by atoms with Gasteiger partial charge in [-0.15, -0.1) is 0 Å². The largest absolute Gasteiger partial charge is 0.302 e. The van der Waals surface area contributed by atoms with Crippen molar-refractivity contribution in [3.8, 4) is 0 Å². The highest BCUT2D eigenvalue weighted by Crippen LogP contribution is 1.89. The average molecular weight is 192 g/mol. The Bertz CT molecular complexity index is 212. The minimum absolute atomic E-state index is 1.19. The van der Waals surface area contributed by atoms with E-state index >= 15 is 0 Å². The fraction of sp³-hybridized carbons (Fsp3) is 1.00. The van der Waals surface area contributed by atoms with E-state index in [4.69, 9.17) is 0 Å². The van der Waals surface area contributed by atoms with Crippen molar-refractivity contribution in [2.75, 3.05) is 7.11 Å². The number of thiol groups is 1. The van der Waals surface area contributed by atoms with Crippen molar-refractivity contribution in [1.29, 1.82) is 0 Å². The Kier molecular flexibility index (Phi) is 3.28. The summed E-state index contributed by atoms with van der Waals surface area (Å²) in [7, 11) is -1.56. The molecule has 7 heteroatoms. The van der Waals surface area contributed by atoms with E-state index in [9.17, 15) is 8.42 Å². The SMILES string of the molecule is COS(=S)(=S)[SH](=O)=O. The van der Waals surface area contributed by atoms with Gasteiger partial charge in [-0.2, -0.15) is 0 Å². The van der Waals surface area contributed by atoms with Gasteiger partial charge >= 0.3 is 0 Å². The molecule has 50 valence electrons. The summed E-state index contributed by atoms with van der Waals surface area (Å²) < 4.78 is 24.3. The Labute approximate surface area is 58.4 Å². The third kappa shape index (κ3) is 2.31. The van der Waals surface area contributed by atoms with E-state index in [0.29, 0.717) is 0 Å². The summed E-state index contributed by atoms with van der Waals surface area (Å²) in [5, 5.41) is 0. The first kappa shape index (κ1) is 8.70. The van der Waals surface area contributed by atoms with Crippen LogP contribution in [-0.4, -0.2) is 15.5 Å². The van der Waals surface area contributed by atoms with Gasteiger partial charge in [0, 0.05) is 0 Å². The summed E-state index contributed by atoms with van der Waals surface area (Å²) >= 11 is 8.70. The van der Waals surface area contributed by atoms with Crippen LogP contribution < -0.4 is 0 Å². The Morgan fingerprint density at radius 2 is 1.88 bits per heavy atom. The quantitative estimate of drug-likeness (QED) is 0.456. The van der Waals surface area contributed by atoms with Crippen LogP contribution in [0.2, 0.25) is 0 Å². The molecule has 0 aromatic carbocycles. The molecule has 3 nitrogen and oxygen atoms in total. The van der Waals surface area contributed by atoms with Crippen LogP contribution >= 0.6 is 0 Å². The van der Waals surface area contributed by atoms with Crippen LogP contribution in [0, 0.1) is 0 Å². The lowest BCUT2D eigenvalue weighted by Gasteiger charge is -1.93. The summed E-state index contributed by atoms with van der Waals surface area (Å²) in [6, 6.07) is 0. The van der Waals surface area contributed by atoms with E-state index in [-0.39, 0.29) is 0 Å². The van der Waals surface area contributed by atoms with Crippen molar-refractivity contribution in [3.63, 3.8) is 0 Å². The third-order valence-corrected chi connectivity index (χ3v) is 5.73. The maximum atomic E-state index is 9.99. The maximum absolute atomic E-state index is 9.99. The zero-order valence-corrected chi connectivity index (χ0v) is 7.24. The summed E-state index contributed by atoms with van der Waals surface area (Å²) in [6.07, 6.45) is 0. The van der Waals surface area contributed by atoms with Gasteiger partial charge in [-0.25, -0.2) is 8.42 Å². The second-order valence-electron chi connectivity index (χ2n) is 0.818. The van der Waals surface area contributed by atoms with Crippen LogP contribution in [0.3, 0.4) is 0 Å². The summed E-state index contributed by atoms with van der Waals surface area (Å²) in [5.41, 5.74) is 0. The van der Waals surface area contributed by atoms with Gasteiger partial charge in [0.2, 0.25) is 9.74 Å². The molecule has 0 rings (SSSR count). The molecule has 0 aromatic heterocycles. The van der Waals surface area contributed by atoms with E-state index in [1.54, 1.807) is 0 Å². The molecule has 0 bridgehead atoms. The molecule has 0 saturated heterocycles. The van der Waals surface area contributed by atoms with Crippen molar-refractivity contribution in [3.05, 3.63) is 0 Å². The molecular weight excluding hydrogens is 188 g/mol. The fourth-order valence-corrected chi connectivity index (χ4v) is 0.548. The van der Waals surface area contributed by atoms with Crippen LogP contribution in [0.25, 0.3) is 0 Å². The zero-order valence-electron chi connectivity index (χ0n) is 3.90. The molecule has 0 saturated carbocycles. The van der Waals surface area contributed by atoms with Gasteiger partial charge in [-0.05, 0) is 22.4 Å². The van der Waals surface area contributed by atoms with Crippen LogP contribution in [0.4, 0.5) is 0 Å². The third-order valence-electron chi connectivity index (χ3n) is 0.393. The van der Waals surface area contributed by atoms with Crippen molar-refractivity contribution in [2.24, 2.45) is 0 Å². The highest BCUT2D eigenvalue weighted by molar-refractivity contribution is 8.88. The van der Waals surface area contributed by atoms with Crippen molar-refractivity contribution >= 4 is 38.6 Å². The van der Waals surface area contributed by atoms with Crippen molar-refractivity contribution in [1.82, 2.24) is 0 Å². The molecule has 0 aliphatic carbocycles. The minimum atomic E-state index is -2.75. The van der Waals surface area contributed by atoms with Gasteiger partial charge in [0.25, 0.3) is 0 Å². The van der Waals surface area contributed by atoms with E-state index < -0.39 is 16.2 Å². The van der Waals surface area contributed by atoms with Crippen LogP contribution in [-0.2, 0) is 42.8 Å². The number of rotatable bonds is 2. The lowest BCUT2D eigenvalue weighted by atomic mass is 11.8. The second kappa shape index (κ2) is 3.02. The predicted octanol–water partition coefficient (Wildman–Crippen LogP) is -0.848. The molecule has 0 spiro atoms. The van der Waals surface area contributed by atoms with Crippen LogP contribution in [0.15, 0.2) is 0 Å². The molecule has 0 aromatic rings. The average Bonchev–Trinajstić information content (AvgIpc) is 1.67. The van der Waals surface area contributed by atoms with Crippen LogP contribution in [0.1, 0.15) is 0 Å². The van der Waals surface area contributed by atoms with E-state index in [1.807, 2.05) is 0 Å². The van der Waals surface area contributed by atoms with Gasteiger partial charge in [0.1, 0.15) is 6.46 Å². The number of hydrogen-bond donors (Lipinski definition) is 1. The molecule has 0 amide bonds. The predicted molar refractivity (Wildman–Crippen MR) is 39.4 cm³/mol. The normalized spacial score (nSPS) is 12.2. The monoisotopic (exact) mass is 192 g/mol. The molecule has 0 aliphatic rings. The Hall–Kier alpha value is 0.700. The van der Waals surface area contributed by atoms with Gasteiger partial charge < -0.3 is 4.18 Å². The molecule has 0 N–H and O–H groups in total. The first-order chi connectivity index (χ1) is 3.50. The molecule has 0 fully saturated rings. The lowest BCUT2D eigenvalue weighted by molar-refractivity contribution is 0.488. The van der Waals surface area contributed by atoms with E-state index in [1.165, 1.54) is 7.11 Å². The molecule has 0 heterocycles. The Balaban J connectivity index is 4.69. The van der Waals surface area contributed by atoms with Crippen LogP contribution in [0.5, 0.6) is 0 Å². The Morgan fingerprint density at radius 1 is 1.50 bits per heavy atom. The van der Waals surface area contributed by atoms with Gasteiger partial charge in [0.05, 0.1) is 7.11 Å². The smallest absolute Gasteiger partial charge is 0.220 e. The molecule has 0 aliphatic heterocycles. The van der Waals surface area contributed by atoms with Crippen molar-refractivity contribution in [2.45, 2.75) is 0 Å². The summed E-state index contributed by atoms with van der Waals surface area (Å²) in [6.45, 7) is -2.62. The Morgan fingerprint density at radius 3 is 1.88 bits per heavy atom. The standard InChI is InChI=1S/CH4O3S4/c1-4-8(5,6)7(2)3/h7H,1H3. The minimum Gasteiger partial charge on any atom is -0.302 e. The maximum Gasteiger partial charge on any atom is 0.220 e. The highest BCUT2D eigenvalue weighted by Gasteiger charge is 1.97. The van der Waals surface area contributed by atoms with E-state index in [0.717, 1.165) is 0 Å². The fourth-order valence-electron chi connectivity index (χ4n) is 0.0609. The molecule has 0 atom stereocenters. The summed E-state index contributed by atoms with van der Waals surface area (Å²) in [5.74, 6) is 0. The molecule has 0 radical (unpaired) electrons. The molecule has 0 unspecified atom stereocenters. The number of hydrogen-bond acceptors (Lipinski definition) is 5. The highest BCUT2D eigenvalue weighted by atomic mass is 33.5. The first-order valence-electron chi connectivity index (χ1n) is 1.46. The van der Waals surface area contributed by atoms with Gasteiger partial charge in [0.15, 0.2) is 0 Å². The first-order valence-corrected chi connectivity index (χ1v) is 6.65. The molecular formula is CH4O3S4. The lowest BCUT2D eigenvalue weighted by Crippen LogP contribution is -1.98. The summed E-state index contributed by atoms with van der Waals surface area (Å²) in [4.78, 5) is 0. The zero-order chi connectivity index (χ0) is 6.78.